The van der Waals surface area contributed by atoms with E-state index in [4.69, 9.17) is 4.74 Å². The zero-order valence-corrected chi connectivity index (χ0v) is 15.0. The number of carbonyl (C=O) groups excluding carboxylic acids is 2. The molecule has 26 heavy (non-hydrogen) atoms. The summed E-state index contributed by atoms with van der Waals surface area (Å²) in [5, 5.41) is 3.97. The Morgan fingerprint density at radius 3 is 3.00 bits per heavy atom. The minimum absolute atomic E-state index is 0.0261. The molecule has 0 bridgehead atoms. The van der Waals surface area contributed by atoms with Crippen molar-refractivity contribution >= 4 is 28.7 Å². The first-order valence-electron chi connectivity index (χ1n) is 8.73. The molecule has 3 heterocycles. The molecule has 0 unspecified atom stereocenters. The lowest BCUT2D eigenvalue weighted by atomic mass is 9.99. The Hall–Kier alpha value is -2.90. The topological polar surface area (TPSA) is 100 Å². The SMILES string of the molecule is C=CC(=O)N1C[C@H](Nc2ncnc3[nH]cc(C(=O)OCC)c23)CC[C@@H]1C. The van der Waals surface area contributed by atoms with E-state index in [9.17, 15) is 9.59 Å². The number of piperidine rings is 1. The van der Waals surface area contributed by atoms with Gasteiger partial charge in [-0.1, -0.05) is 6.58 Å². The number of aromatic amines is 1. The molecular formula is C18H23N5O3. The zero-order chi connectivity index (χ0) is 18.7. The van der Waals surface area contributed by atoms with Gasteiger partial charge in [0.15, 0.2) is 0 Å². The van der Waals surface area contributed by atoms with Crippen LogP contribution in [-0.2, 0) is 9.53 Å². The molecule has 2 N–H and O–H groups in total. The van der Waals surface area contributed by atoms with E-state index in [1.807, 2.05) is 6.92 Å². The molecule has 0 saturated carbocycles. The summed E-state index contributed by atoms with van der Waals surface area (Å²) in [6.45, 7) is 8.21. The zero-order valence-electron chi connectivity index (χ0n) is 15.0. The highest BCUT2D eigenvalue weighted by Gasteiger charge is 2.29. The van der Waals surface area contributed by atoms with Crippen molar-refractivity contribution in [1.82, 2.24) is 19.9 Å². The summed E-state index contributed by atoms with van der Waals surface area (Å²) < 4.78 is 5.11. The second kappa shape index (κ2) is 7.55. The lowest BCUT2D eigenvalue weighted by Gasteiger charge is -2.38. The number of aromatic nitrogens is 3. The molecule has 2 aromatic rings. The summed E-state index contributed by atoms with van der Waals surface area (Å²) in [5.41, 5.74) is 0.960. The van der Waals surface area contributed by atoms with Crippen LogP contribution in [-0.4, -0.2) is 57.0 Å². The van der Waals surface area contributed by atoms with Crippen LogP contribution in [0.4, 0.5) is 5.82 Å². The van der Waals surface area contributed by atoms with Crippen LogP contribution in [0.15, 0.2) is 25.2 Å². The van der Waals surface area contributed by atoms with Crippen LogP contribution >= 0.6 is 0 Å². The van der Waals surface area contributed by atoms with E-state index in [1.165, 1.54) is 12.4 Å². The number of fused-ring (bicyclic) bond motifs is 1. The molecule has 138 valence electrons. The molecule has 1 amide bonds. The molecule has 8 nitrogen and oxygen atoms in total. The summed E-state index contributed by atoms with van der Waals surface area (Å²) >= 11 is 0. The number of ether oxygens (including phenoxy) is 1. The van der Waals surface area contributed by atoms with Crippen LogP contribution in [0.5, 0.6) is 0 Å². The highest BCUT2D eigenvalue weighted by Crippen LogP contribution is 2.27. The monoisotopic (exact) mass is 357 g/mol. The Morgan fingerprint density at radius 2 is 2.27 bits per heavy atom. The maximum Gasteiger partial charge on any atom is 0.340 e. The summed E-state index contributed by atoms with van der Waals surface area (Å²) in [5.74, 6) is 0.0628. The van der Waals surface area contributed by atoms with Gasteiger partial charge in [-0.25, -0.2) is 14.8 Å². The van der Waals surface area contributed by atoms with Crippen molar-refractivity contribution in [3.05, 3.63) is 30.7 Å². The number of hydrogen-bond donors (Lipinski definition) is 2. The van der Waals surface area contributed by atoms with Gasteiger partial charge in [0, 0.05) is 24.8 Å². The van der Waals surface area contributed by atoms with Crippen LogP contribution in [0.2, 0.25) is 0 Å². The summed E-state index contributed by atoms with van der Waals surface area (Å²) in [6.07, 6.45) is 6.14. The fourth-order valence-corrected chi connectivity index (χ4v) is 3.28. The number of nitrogens with one attached hydrogen (secondary N) is 2. The Balaban J connectivity index is 1.87. The van der Waals surface area contributed by atoms with Crippen LogP contribution in [0, 0.1) is 0 Å². The number of likely N-dealkylation sites (tertiary alicyclic amines) is 1. The van der Waals surface area contributed by atoms with Gasteiger partial charge < -0.3 is 19.9 Å². The Morgan fingerprint density at radius 1 is 1.46 bits per heavy atom. The van der Waals surface area contributed by atoms with Gasteiger partial charge in [-0.15, -0.1) is 0 Å². The van der Waals surface area contributed by atoms with Crippen LogP contribution in [0.3, 0.4) is 0 Å². The quantitative estimate of drug-likeness (QED) is 0.628. The van der Waals surface area contributed by atoms with E-state index in [2.05, 4.69) is 26.8 Å². The minimum Gasteiger partial charge on any atom is -0.462 e. The summed E-state index contributed by atoms with van der Waals surface area (Å²) in [6, 6.07) is 0.199. The Bertz CT molecular complexity index is 831. The van der Waals surface area contributed by atoms with Crippen molar-refractivity contribution < 1.29 is 14.3 Å². The van der Waals surface area contributed by atoms with Gasteiger partial charge in [0.05, 0.1) is 17.6 Å². The predicted octanol–water partition coefficient (Wildman–Crippen LogP) is 2.11. The molecule has 2 aromatic heterocycles. The molecular weight excluding hydrogens is 334 g/mol. The van der Waals surface area contributed by atoms with Crippen LogP contribution in [0.1, 0.15) is 37.0 Å². The van der Waals surface area contributed by atoms with Crippen LogP contribution in [0.25, 0.3) is 11.0 Å². The molecule has 0 aromatic carbocycles. The molecule has 0 spiro atoms. The van der Waals surface area contributed by atoms with Crippen molar-refractivity contribution in [3.63, 3.8) is 0 Å². The lowest BCUT2D eigenvalue weighted by Crippen LogP contribution is -2.49. The van der Waals surface area contributed by atoms with E-state index >= 15 is 0 Å². The molecule has 0 aliphatic carbocycles. The number of carbonyl (C=O) groups is 2. The number of amides is 1. The first kappa shape index (κ1) is 17.9. The first-order valence-corrected chi connectivity index (χ1v) is 8.73. The van der Waals surface area contributed by atoms with Gasteiger partial charge in [0.2, 0.25) is 5.91 Å². The number of H-pyrrole nitrogens is 1. The van der Waals surface area contributed by atoms with Gasteiger partial charge in [-0.05, 0) is 32.8 Å². The highest BCUT2D eigenvalue weighted by molar-refractivity contribution is 6.07. The average molecular weight is 357 g/mol. The minimum atomic E-state index is -0.419. The van der Waals surface area contributed by atoms with Crippen molar-refractivity contribution in [1.29, 1.82) is 0 Å². The fraction of sp³-hybridized carbons (Fsp3) is 0.444. The van der Waals surface area contributed by atoms with Crippen molar-refractivity contribution in [2.75, 3.05) is 18.5 Å². The van der Waals surface area contributed by atoms with E-state index < -0.39 is 5.97 Å². The third kappa shape index (κ3) is 3.40. The van der Waals surface area contributed by atoms with Crippen molar-refractivity contribution in [2.24, 2.45) is 0 Å². The standard InChI is InChI=1S/C18H23N5O3/c1-4-14(24)23-9-12(7-6-11(23)3)22-17-15-13(18(25)26-5-2)8-19-16(15)20-10-21-17/h4,8,10-12H,1,5-7,9H2,2-3H3,(H2,19,20,21,22)/t11-,12+/m0/s1. The molecule has 8 heteroatoms. The summed E-state index contributed by atoms with van der Waals surface area (Å²) in [7, 11) is 0. The van der Waals surface area contributed by atoms with E-state index in [0.29, 0.717) is 35.6 Å². The number of nitrogens with zero attached hydrogens (tertiary/aromatic N) is 3. The second-order valence-corrected chi connectivity index (χ2v) is 6.33. The van der Waals surface area contributed by atoms with E-state index in [0.717, 1.165) is 12.8 Å². The largest absolute Gasteiger partial charge is 0.462 e. The molecule has 1 fully saturated rings. The van der Waals surface area contributed by atoms with Gasteiger partial charge in [-0.3, -0.25) is 4.79 Å². The highest BCUT2D eigenvalue weighted by atomic mass is 16.5. The van der Waals surface area contributed by atoms with Gasteiger partial charge >= 0.3 is 5.97 Å². The lowest BCUT2D eigenvalue weighted by molar-refractivity contribution is -0.129. The molecule has 1 saturated heterocycles. The molecule has 2 atom stereocenters. The number of hydrogen-bond acceptors (Lipinski definition) is 6. The number of rotatable bonds is 5. The second-order valence-electron chi connectivity index (χ2n) is 6.33. The molecule has 0 radical (unpaired) electrons. The maximum atomic E-state index is 12.2. The van der Waals surface area contributed by atoms with E-state index in [-0.39, 0.29) is 18.0 Å². The van der Waals surface area contributed by atoms with Gasteiger partial charge in [-0.2, -0.15) is 0 Å². The third-order valence-corrected chi connectivity index (χ3v) is 4.65. The summed E-state index contributed by atoms with van der Waals surface area (Å²) in [4.78, 5) is 37.5. The number of esters is 1. The average Bonchev–Trinajstić information content (AvgIpc) is 3.08. The molecule has 3 rings (SSSR count). The number of anilines is 1. The van der Waals surface area contributed by atoms with Gasteiger partial charge in [0.25, 0.3) is 0 Å². The Kier molecular flexibility index (Phi) is 5.20. The third-order valence-electron chi connectivity index (χ3n) is 4.65. The molecule has 1 aliphatic rings. The first-order chi connectivity index (χ1) is 12.5. The van der Waals surface area contributed by atoms with Crippen molar-refractivity contribution in [2.45, 2.75) is 38.8 Å². The molecule has 1 aliphatic heterocycles. The Labute approximate surface area is 151 Å². The van der Waals surface area contributed by atoms with Gasteiger partial charge in [0.1, 0.15) is 17.8 Å². The van der Waals surface area contributed by atoms with E-state index in [1.54, 1.807) is 18.0 Å². The predicted molar refractivity (Wildman–Crippen MR) is 97.9 cm³/mol. The normalized spacial score (nSPS) is 20.0. The maximum absolute atomic E-state index is 12.2. The fourth-order valence-electron chi connectivity index (χ4n) is 3.28. The smallest absolute Gasteiger partial charge is 0.340 e. The van der Waals surface area contributed by atoms with Crippen molar-refractivity contribution in [3.8, 4) is 0 Å². The van der Waals surface area contributed by atoms with Crippen LogP contribution < -0.4 is 5.32 Å².